The van der Waals surface area contributed by atoms with Crippen LogP contribution in [0.3, 0.4) is 0 Å². The normalized spacial score (nSPS) is 14.8. The summed E-state index contributed by atoms with van der Waals surface area (Å²) in [4.78, 5) is 30.8. The third kappa shape index (κ3) is 4.18. The summed E-state index contributed by atoms with van der Waals surface area (Å²) in [6, 6.07) is 6.18. The van der Waals surface area contributed by atoms with Crippen molar-refractivity contribution in [2.24, 2.45) is 7.05 Å². The number of likely N-dealkylation sites (tertiary alicyclic amines) is 1. The van der Waals surface area contributed by atoms with Crippen LogP contribution >= 0.6 is 0 Å². The molecule has 1 fully saturated rings. The smallest absolute Gasteiger partial charge is 0.253 e. The van der Waals surface area contributed by atoms with Crippen LogP contribution in [0, 0.1) is 13.8 Å². The maximum absolute atomic E-state index is 12.3. The van der Waals surface area contributed by atoms with E-state index in [1.165, 1.54) is 0 Å². The Morgan fingerprint density at radius 3 is 2.62 bits per heavy atom. The summed E-state index contributed by atoms with van der Waals surface area (Å²) in [6.07, 6.45) is 8.69. The van der Waals surface area contributed by atoms with E-state index in [1.807, 2.05) is 56.2 Å². The third-order valence-electron chi connectivity index (χ3n) is 6.36. The highest BCUT2D eigenvalue weighted by atomic mass is 16.5. The lowest BCUT2D eigenvalue weighted by Gasteiger charge is -2.40. The summed E-state index contributed by atoms with van der Waals surface area (Å²) in [5.74, 6) is 2.37. The molecule has 1 aliphatic heterocycles. The molecule has 1 amide bonds. The molecule has 3 heterocycles. The molecule has 3 aromatic rings. The molecule has 0 bridgehead atoms. The Morgan fingerprint density at radius 1 is 1.26 bits per heavy atom. The van der Waals surface area contributed by atoms with Crippen LogP contribution in [-0.4, -0.2) is 38.0 Å². The van der Waals surface area contributed by atoms with Crippen LogP contribution in [0.4, 0.5) is 0 Å². The highest BCUT2D eigenvalue weighted by Crippen LogP contribution is 2.40. The van der Waals surface area contributed by atoms with Gasteiger partial charge >= 0.3 is 0 Å². The molecule has 1 saturated heterocycles. The van der Waals surface area contributed by atoms with Crippen molar-refractivity contribution in [1.82, 2.24) is 19.0 Å². The molecule has 1 aliphatic rings. The molecule has 2 aromatic heterocycles. The molecule has 0 N–H and O–H groups in total. The number of aromatic nitrogens is 3. The molecule has 0 saturated carbocycles. The van der Waals surface area contributed by atoms with E-state index in [0.29, 0.717) is 24.4 Å². The molecule has 0 spiro atoms. The van der Waals surface area contributed by atoms with E-state index >= 15 is 0 Å². The van der Waals surface area contributed by atoms with E-state index < -0.39 is 0 Å². The van der Waals surface area contributed by atoms with Crippen LogP contribution in [-0.2, 0) is 11.8 Å². The van der Waals surface area contributed by atoms with Gasteiger partial charge in [-0.25, -0.2) is 4.98 Å². The Labute approximate surface area is 200 Å². The lowest BCUT2D eigenvalue weighted by molar-refractivity contribution is -0.134. The number of pyridine rings is 1. The standard InChI is InChI=1S/C27H32N4O3/c1-7-9-10-22(8-2)34-26-23(20-13-17(3)27(33)29(6)14-20)11-12-24-25(26)28-18(4)31(24)21-15-30(16-21)19(5)32/h8-14,21H,7,15-16H2,1-6H3/b10-9-,22-8+. The van der Waals surface area contributed by atoms with E-state index in [-0.39, 0.29) is 17.5 Å². The minimum absolute atomic E-state index is 0.0209. The molecule has 34 heavy (non-hydrogen) atoms. The Balaban J connectivity index is 1.89. The monoisotopic (exact) mass is 460 g/mol. The van der Waals surface area contributed by atoms with Crippen molar-refractivity contribution in [3.05, 3.63) is 70.1 Å². The number of fused-ring (bicyclic) bond motifs is 1. The summed E-state index contributed by atoms with van der Waals surface area (Å²) in [5.41, 5.74) is 4.16. The van der Waals surface area contributed by atoms with Gasteiger partial charge in [0.25, 0.3) is 5.56 Å². The van der Waals surface area contributed by atoms with Gasteiger partial charge in [0.15, 0.2) is 5.75 Å². The first-order valence-corrected chi connectivity index (χ1v) is 11.7. The lowest BCUT2D eigenvalue weighted by Crippen LogP contribution is -2.50. The number of hydrogen-bond donors (Lipinski definition) is 0. The van der Waals surface area contributed by atoms with Gasteiger partial charge in [0.2, 0.25) is 5.91 Å². The zero-order valence-electron chi connectivity index (χ0n) is 20.8. The Hall–Kier alpha value is -3.61. The number of imidazole rings is 1. The van der Waals surface area contributed by atoms with Crippen molar-refractivity contribution in [2.75, 3.05) is 13.1 Å². The van der Waals surface area contributed by atoms with E-state index in [2.05, 4.69) is 23.6 Å². The van der Waals surface area contributed by atoms with Gasteiger partial charge in [-0.2, -0.15) is 0 Å². The summed E-state index contributed by atoms with van der Waals surface area (Å²) in [5, 5.41) is 0. The fourth-order valence-electron chi connectivity index (χ4n) is 4.49. The van der Waals surface area contributed by atoms with Crippen molar-refractivity contribution in [3.8, 4) is 16.9 Å². The zero-order valence-corrected chi connectivity index (χ0v) is 20.8. The molecule has 0 aliphatic carbocycles. The average molecular weight is 461 g/mol. The molecule has 7 heteroatoms. The number of aryl methyl sites for hydroxylation is 3. The van der Waals surface area contributed by atoms with Crippen molar-refractivity contribution in [2.45, 2.75) is 47.1 Å². The van der Waals surface area contributed by atoms with Crippen molar-refractivity contribution in [3.63, 3.8) is 0 Å². The number of ether oxygens (including phenoxy) is 1. The second-order valence-corrected chi connectivity index (χ2v) is 8.85. The van der Waals surface area contributed by atoms with Crippen LogP contribution in [0.1, 0.15) is 44.6 Å². The highest BCUT2D eigenvalue weighted by Gasteiger charge is 2.32. The van der Waals surface area contributed by atoms with Crippen LogP contribution < -0.4 is 10.3 Å². The number of allylic oxidation sites excluding steroid dienone is 3. The Bertz CT molecular complexity index is 1340. The maximum atomic E-state index is 12.3. The SMILES string of the molecule is C/C=C(\C=C/CC)Oc1c(-c2cc(C)c(=O)n(C)c2)ccc2c1nc(C)n2C1CN(C(C)=O)C1. The van der Waals surface area contributed by atoms with Crippen LogP contribution in [0.5, 0.6) is 5.75 Å². The number of benzene rings is 1. The Morgan fingerprint density at radius 2 is 2.00 bits per heavy atom. The van der Waals surface area contributed by atoms with Gasteiger partial charge < -0.3 is 18.8 Å². The topological polar surface area (TPSA) is 69.4 Å². The largest absolute Gasteiger partial charge is 0.455 e. The average Bonchev–Trinajstić information content (AvgIpc) is 3.09. The molecule has 0 radical (unpaired) electrons. The van der Waals surface area contributed by atoms with Crippen LogP contribution in [0.15, 0.2) is 53.2 Å². The summed E-state index contributed by atoms with van der Waals surface area (Å²) >= 11 is 0. The first-order valence-electron chi connectivity index (χ1n) is 11.7. The number of amides is 1. The summed E-state index contributed by atoms with van der Waals surface area (Å²) in [7, 11) is 1.76. The predicted octanol–water partition coefficient (Wildman–Crippen LogP) is 4.67. The summed E-state index contributed by atoms with van der Waals surface area (Å²) < 4.78 is 10.3. The highest BCUT2D eigenvalue weighted by molar-refractivity contribution is 5.91. The third-order valence-corrected chi connectivity index (χ3v) is 6.36. The zero-order chi connectivity index (χ0) is 24.6. The second-order valence-electron chi connectivity index (χ2n) is 8.85. The first kappa shape index (κ1) is 23.5. The van der Waals surface area contributed by atoms with Crippen molar-refractivity contribution in [1.29, 1.82) is 0 Å². The molecule has 4 rings (SSSR count). The number of rotatable bonds is 6. The van der Waals surface area contributed by atoms with Crippen molar-refractivity contribution >= 4 is 16.9 Å². The number of carbonyl (C=O) groups excluding carboxylic acids is 1. The van der Waals surface area contributed by atoms with Gasteiger partial charge in [0.05, 0.1) is 11.6 Å². The molecule has 1 aromatic carbocycles. The van der Waals surface area contributed by atoms with Gasteiger partial charge in [-0.1, -0.05) is 13.0 Å². The molecule has 178 valence electrons. The second kappa shape index (κ2) is 9.33. The first-order chi connectivity index (χ1) is 16.2. The number of nitrogens with zero attached hydrogens (tertiary/aromatic N) is 4. The lowest BCUT2D eigenvalue weighted by atomic mass is 10.0. The molecular weight excluding hydrogens is 428 g/mol. The van der Waals surface area contributed by atoms with Gasteiger partial charge in [-0.05, 0) is 57.5 Å². The van der Waals surface area contributed by atoms with Crippen LogP contribution in [0.2, 0.25) is 0 Å². The van der Waals surface area contributed by atoms with Gasteiger partial charge in [0, 0.05) is 49.9 Å². The quantitative estimate of drug-likeness (QED) is 0.396. The van der Waals surface area contributed by atoms with Gasteiger partial charge in [-0.15, -0.1) is 0 Å². The number of carbonyl (C=O) groups is 1. The van der Waals surface area contributed by atoms with Gasteiger partial charge in [-0.3, -0.25) is 9.59 Å². The molecular formula is C27H32N4O3. The van der Waals surface area contributed by atoms with E-state index in [0.717, 1.165) is 40.2 Å². The predicted molar refractivity (Wildman–Crippen MR) is 135 cm³/mol. The van der Waals surface area contributed by atoms with Crippen molar-refractivity contribution < 1.29 is 9.53 Å². The van der Waals surface area contributed by atoms with E-state index in [4.69, 9.17) is 9.72 Å². The molecule has 0 atom stereocenters. The Kier molecular flexibility index (Phi) is 6.46. The van der Waals surface area contributed by atoms with E-state index in [9.17, 15) is 9.59 Å². The molecule has 7 nitrogen and oxygen atoms in total. The van der Waals surface area contributed by atoms with E-state index in [1.54, 1.807) is 18.5 Å². The fourth-order valence-corrected chi connectivity index (χ4v) is 4.49. The van der Waals surface area contributed by atoms with Gasteiger partial charge in [0.1, 0.15) is 17.1 Å². The minimum Gasteiger partial charge on any atom is -0.455 e. The minimum atomic E-state index is -0.0209. The molecule has 0 unspecified atom stereocenters. The van der Waals surface area contributed by atoms with Crippen LogP contribution in [0.25, 0.3) is 22.2 Å². The number of hydrogen-bond acceptors (Lipinski definition) is 4. The fraction of sp³-hybridized carbons (Fsp3) is 0.370. The maximum Gasteiger partial charge on any atom is 0.253 e. The summed E-state index contributed by atoms with van der Waals surface area (Å²) in [6.45, 7) is 10.8.